The van der Waals surface area contributed by atoms with Gasteiger partial charge in [-0.05, 0) is 42.9 Å². The summed E-state index contributed by atoms with van der Waals surface area (Å²) in [6.45, 7) is 0.534. The highest BCUT2D eigenvalue weighted by atomic mass is 16.4. The fourth-order valence-corrected chi connectivity index (χ4v) is 5.59. The maximum atomic E-state index is 13.4. The number of benzene rings is 2. The van der Waals surface area contributed by atoms with Gasteiger partial charge in [0, 0.05) is 48.9 Å². The Hall–Kier alpha value is -4.34. The summed E-state index contributed by atoms with van der Waals surface area (Å²) >= 11 is 0. The lowest BCUT2D eigenvalue weighted by molar-refractivity contribution is -0.142. The summed E-state index contributed by atoms with van der Waals surface area (Å²) in [4.78, 5) is 53.6. The Labute approximate surface area is 252 Å². The molecule has 1 aromatic heterocycles. The lowest BCUT2D eigenvalue weighted by Crippen LogP contribution is -2.53. The van der Waals surface area contributed by atoms with Gasteiger partial charge in [0.05, 0.1) is 0 Å². The highest BCUT2D eigenvalue weighted by Crippen LogP contribution is 2.20. The predicted molar refractivity (Wildman–Crippen MR) is 166 cm³/mol. The third-order valence-corrected chi connectivity index (χ3v) is 7.95. The van der Waals surface area contributed by atoms with Gasteiger partial charge in [-0.1, -0.05) is 74.2 Å². The zero-order chi connectivity index (χ0) is 30.4. The number of fused-ring (bicyclic) bond motifs is 1. The molecule has 6 N–H and O–H groups in total. The number of aromatic nitrogens is 1. The van der Waals surface area contributed by atoms with E-state index in [1.165, 1.54) is 6.42 Å². The van der Waals surface area contributed by atoms with Crippen LogP contribution in [-0.4, -0.2) is 58.6 Å². The van der Waals surface area contributed by atoms with Crippen molar-refractivity contribution in [1.82, 2.24) is 26.3 Å². The minimum Gasteiger partial charge on any atom is -0.480 e. The Kier molecular flexibility index (Phi) is 12.0. The average Bonchev–Trinajstić information content (AvgIpc) is 3.42. The lowest BCUT2D eigenvalue weighted by Gasteiger charge is -2.22. The quantitative estimate of drug-likeness (QED) is 0.147. The second-order valence-electron chi connectivity index (χ2n) is 11.3. The number of para-hydroxylation sites is 1. The van der Waals surface area contributed by atoms with Crippen LogP contribution >= 0.6 is 0 Å². The molecule has 4 rings (SSSR count). The molecular formula is C33H43N5O5. The fraction of sp³-hybridized carbons (Fsp3) is 0.455. The van der Waals surface area contributed by atoms with Crippen molar-refractivity contribution in [2.45, 2.75) is 88.8 Å². The van der Waals surface area contributed by atoms with Crippen LogP contribution in [0.5, 0.6) is 0 Å². The van der Waals surface area contributed by atoms with E-state index in [0.717, 1.165) is 60.6 Å². The van der Waals surface area contributed by atoms with Crippen LogP contribution in [0.1, 0.15) is 68.9 Å². The van der Waals surface area contributed by atoms with Crippen LogP contribution < -0.4 is 21.3 Å². The number of unbranched alkanes of at least 4 members (excludes halogenated alkanes) is 2. The van der Waals surface area contributed by atoms with E-state index in [-0.39, 0.29) is 37.2 Å². The number of nitrogens with one attached hydrogen (secondary N) is 5. The molecule has 1 fully saturated rings. The van der Waals surface area contributed by atoms with Gasteiger partial charge in [-0.25, -0.2) is 9.59 Å². The number of H-pyrrole nitrogens is 1. The molecule has 4 amide bonds. The summed E-state index contributed by atoms with van der Waals surface area (Å²) in [6, 6.07) is 14.9. The Morgan fingerprint density at radius 3 is 2.35 bits per heavy atom. The van der Waals surface area contributed by atoms with E-state index in [0.29, 0.717) is 13.0 Å². The van der Waals surface area contributed by atoms with Crippen molar-refractivity contribution in [2.75, 3.05) is 6.54 Å². The SMILES string of the molecule is O=C(CCCCCNC(=O)NC1CCCCC1)N[C@@H](Cc1ccccc1)C(=O)N[C@@H](Cc1c[nH]c2ccccc12)C(=O)O. The molecule has 3 aromatic rings. The molecule has 2 atom stereocenters. The standard InChI is InChI=1S/C33H43N5O5/c39-30(18-8-3-11-19-34-33(43)36-25-14-6-2-7-15-25)37-28(20-23-12-4-1-5-13-23)31(40)38-29(32(41)42)21-24-22-35-27-17-10-9-16-26(24)27/h1,4-5,9-10,12-13,16-17,22,25,28-29,35H,2-3,6-8,11,14-15,18-21H2,(H,37,39)(H,38,40)(H,41,42)(H2,34,36,43)/t28-,29-/m0/s1. The van der Waals surface area contributed by atoms with Crippen LogP contribution in [0.25, 0.3) is 10.9 Å². The first-order chi connectivity index (χ1) is 20.9. The molecule has 1 saturated carbocycles. The Morgan fingerprint density at radius 1 is 0.837 bits per heavy atom. The number of amides is 4. The summed E-state index contributed by atoms with van der Waals surface area (Å²) in [5.41, 5.74) is 2.53. The van der Waals surface area contributed by atoms with Crippen molar-refractivity contribution < 1.29 is 24.3 Å². The summed E-state index contributed by atoms with van der Waals surface area (Å²) in [5, 5.41) is 22.2. The number of aliphatic carboxylic acids is 1. The van der Waals surface area contributed by atoms with E-state index >= 15 is 0 Å². The van der Waals surface area contributed by atoms with E-state index in [2.05, 4.69) is 26.3 Å². The Bertz CT molecular complexity index is 1350. The minimum absolute atomic E-state index is 0.101. The van der Waals surface area contributed by atoms with Gasteiger partial charge in [0.15, 0.2) is 0 Å². The molecule has 1 aliphatic rings. The number of rotatable bonds is 15. The second-order valence-corrected chi connectivity index (χ2v) is 11.3. The van der Waals surface area contributed by atoms with Crippen LogP contribution in [0.15, 0.2) is 60.8 Å². The van der Waals surface area contributed by atoms with Crippen molar-refractivity contribution in [1.29, 1.82) is 0 Å². The van der Waals surface area contributed by atoms with E-state index in [1.807, 2.05) is 54.6 Å². The Balaban J connectivity index is 1.26. The van der Waals surface area contributed by atoms with E-state index in [4.69, 9.17) is 0 Å². The first-order valence-electron chi connectivity index (χ1n) is 15.3. The van der Waals surface area contributed by atoms with Gasteiger partial charge in [-0.15, -0.1) is 0 Å². The molecule has 0 unspecified atom stereocenters. The van der Waals surface area contributed by atoms with Crippen LogP contribution in [-0.2, 0) is 27.2 Å². The first kappa shape index (κ1) is 31.6. The molecule has 0 radical (unpaired) electrons. The predicted octanol–water partition coefficient (Wildman–Crippen LogP) is 4.20. The number of carboxylic acids is 1. The van der Waals surface area contributed by atoms with E-state index in [1.54, 1.807) is 6.20 Å². The number of aromatic amines is 1. The van der Waals surface area contributed by atoms with Gasteiger partial charge in [-0.3, -0.25) is 9.59 Å². The molecule has 2 aromatic carbocycles. The first-order valence-corrected chi connectivity index (χ1v) is 15.3. The van der Waals surface area contributed by atoms with Crippen molar-refractivity contribution in [3.8, 4) is 0 Å². The molecule has 1 aliphatic carbocycles. The van der Waals surface area contributed by atoms with Gasteiger partial charge in [-0.2, -0.15) is 0 Å². The van der Waals surface area contributed by atoms with Crippen LogP contribution in [0, 0.1) is 0 Å². The molecule has 230 valence electrons. The summed E-state index contributed by atoms with van der Waals surface area (Å²) in [6.07, 6.45) is 10.0. The fourth-order valence-electron chi connectivity index (χ4n) is 5.59. The molecule has 0 bridgehead atoms. The number of carboxylic acid groups (broad SMARTS) is 1. The monoisotopic (exact) mass is 589 g/mol. The Morgan fingerprint density at radius 2 is 1.58 bits per heavy atom. The molecular weight excluding hydrogens is 546 g/mol. The zero-order valence-electron chi connectivity index (χ0n) is 24.6. The van der Waals surface area contributed by atoms with Gasteiger partial charge in [0.25, 0.3) is 0 Å². The number of urea groups is 1. The van der Waals surface area contributed by atoms with Gasteiger partial charge in [0.2, 0.25) is 11.8 Å². The molecule has 1 heterocycles. The molecule has 0 aliphatic heterocycles. The number of hydrogen-bond acceptors (Lipinski definition) is 4. The van der Waals surface area contributed by atoms with Crippen molar-refractivity contribution in [3.05, 3.63) is 71.9 Å². The largest absolute Gasteiger partial charge is 0.480 e. The molecule has 10 nitrogen and oxygen atoms in total. The van der Waals surface area contributed by atoms with Crippen LogP contribution in [0.3, 0.4) is 0 Å². The normalized spacial score (nSPS) is 14.9. The second kappa shape index (κ2) is 16.3. The maximum Gasteiger partial charge on any atom is 0.326 e. The maximum absolute atomic E-state index is 13.4. The molecule has 10 heteroatoms. The summed E-state index contributed by atoms with van der Waals surface area (Å²) in [7, 11) is 0. The third-order valence-electron chi connectivity index (χ3n) is 7.95. The molecule has 43 heavy (non-hydrogen) atoms. The minimum atomic E-state index is -1.16. The van der Waals surface area contributed by atoms with Gasteiger partial charge >= 0.3 is 12.0 Å². The number of carbonyl (C=O) groups excluding carboxylic acids is 3. The van der Waals surface area contributed by atoms with E-state index in [9.17, 15) is 24.3 Å². The number of hydrogen-bond donors (Lipinski definition) is 6. The smallest absolute Gasteiger partial charge is 0.326 e. The van der Waals surface area contributed by atoms with Gasteiger partial charge in [0.1, 0.15) is 12.1 Å². The zero-order valence-corrected chi connectivity index (χ0v) is 24.6. The molecule has 0 saturated heterocycles. The highest BCUT2D eigenvalue weighted by Gasteiger charge is 2.27. The lowest BCUT2D eigenvalue weighted by atomic mass is 9.96. The topological polar surface area (TPSA) is 152 Å². The summed E-state index contributed by atoms with van der Waals surface area (Å²) in [5.74, 6) is -1.97. The van der Waals surface area contributed by atoms with Crippen molar-refractivity contribution in [2.24, 2.45) is 0 Å². The van der Waals surface area contributed by atoms with Crippen LogP contribution in [0.2, 0.25) is 0 Å². The van der Waals surface area contributed by atoms with Crippen LogP contribution in [0.4, 0.5) is 4.79 Å². The molecule has 0 spiro atoms. The number of carbonyl (C=O) groups is 4. The average molecular weight is 590 g/mol. The highest BCUT2D eigenvalue weighted by molar-refractivity contribution is 5.91. The summed E-state index contributed by atoms with van der Waals surface area (Å²) < 4.78 is 0. The van der Waals surface area contributed by atoms with Gasteiger partial charge < -0.3 is 31.4 Å². The third kappa shape index (κ3) is 10.2. The van der Waals surface area contributed by atoms with Crippen molar-refractivity contribution >= 4 is 34.7 Å². The van der Waals surface area contributed by atoms with E-state index < -0.39 is 24.0 Å². The van der Waals surface area contributed by atoms with Crippen molar-refractivity contribution in [3.63, 3.8) is 0 Å².